The molecule has 5 heteroatoms. The zero-order valence-corrected chi connectivity index (χ0v) is 13.9. The van der Waals surface area contributed by atoms with Crippen LogP contribution in [0, 0.1) is 17.8 Å². The van der Waals surface area contributed by atoms with Crippen LogP contribution in [0.2, 0.25) is 0 Å². The predicted molar refractivity (Wildman–Crippen MR) is 91.5 cm³/mol. The summed E-state index contributed by atoms with van der Waals surface area (Å²) < 4.78 is 2.11. The van der Waals surface area contributed by atoms with Crippen molar-refractivity contribution in [3.05, 3.63) is 18.7 Å². The second kappa shape index (κ2) is 5.84. The largest absolute Gasteiger partial charge is 0.363 e. The SMILES string of the molecule is S=C(NCCCn1ccnc1)NC12CC3CC(CC(C3)C1)C2. The zero-order valence-electron chi connectivity index (χ0n) is 13.1. The normalized spacial score (nSPS) is 35.5. The fourth-order valence-electron chi connectivity index (χ4n) is 5.43. The highest BCUT2D eigenvalue weighted by Gasteiger charge is 2.51. The molecule has 4 fully saturated rings. The van der Waals surface area contributed by atoms with E-state index in [1.807, 2.05) is 18.7 Å². The number of hydrogen-bond acceptors (Lipinski definition) is 2. The van der Waals surface area contributed by atoms with E-state index in [0.717, 1.165) is 42.4 Å². The van der Waals surface area contributed by atoms with Gasteiger partial charge in [-0.25, -0.2) is 4.98 Å². The first-order chi connectivity index (χ1) is 10.7. The quantitative estimate of drug-likeness (QED) is 0.647. The molecule has 22 heavy (non-hydrogen) atoms. The van der Waals surface area contributed by atoms with E-state index in [0.29, 0.717) is 5.54 Å². The molecule has 5 rings (SSSR count). The lowest BCUT2D eigenvalue weighted by atomic mass is 9.53. The number of hydrogen-bond donors (Lipinski definition) is 2. The van der Waals surface area contributed by atoms with Crippen LogP contribution in [0.15, 0.2) is 18.7 Å². The lowest BCUT2D eigenvalue weighted by Gasteiger charge is -2.57. The third kappa shape index (κ3) is 3.00. The molecule has 1 heterocycles. The minimum Gasteiger partial charge on any atom is -0.363 e. The summed E-state index contributed by atoms with van der Waals surface area (Å²) in [6, 6.07) is 0. The van der Waals surface area contributed by atoms with Crippen LogP contribution in [0.25, 0.3) is 0 Å². The van der Waals surface area contributed by atoms with Gasteiger partial charge in [0.2, 0.25) is 0 Å². The molecule has 0 aliphatic heterocycles. The van der Waals surface area contributed by atoms with Crippen molar-refractivity contribution in [2.75, 3.05) is 6.54 Å². The summed E-state index contributed by atoms with van der Waals surface area (Å²) in [7, 11) is 0. The maximum absolute atomic E-state index is 5.56. The molecule has 0 amide bonds. The van der Waals surface area contributed by atoms with Crippen molar-refractivity contribution < 1.29 is 0 Å². The first-order valence-corrected chi connectivity index (χ1v) is 9.13. The minimum absolute atomic E-state index is 0.323. The maximum atomic E-state index is 5.56. The van der Waals surface area contributed by atoms with Gasteiger partial charge in [0, 0.05) is 31.0 Å². The van der Waals surface area contributed by atoms with Crippen molar-refractivity contribution in [2.45, 2.75) is 57.0 Å². The first kappa shape index (κ1) is 14.5. The predicted octanol–water partition coefficient (Wildman–Crippen LogP) is 2.71. The molecule has 4 bridgehead atoms. The summed E-state index contributed by atoms with van der Waals surface area (Å²) in [6.45, 7) is 1.92. The van der Waals surface area contributed by atoms with Crippen LogP contribution >= 0.6 is 12.2 Å². The van der Waals surface area contributed by atoms with Gasteiger partial charge < -0.3 is 15.2 Å². The van der Waals surface area contributed by atoms with E-state index in [1.54, 1.807) is 0 Å². The van der Waals surface area contributed by atoms with Gasteiger partial charge in [-0.2, -0.15) is 0 Å². The fourth-order valence-corrected chi connectivity index (χ4v) is 5.75. The monoisotopic (exact) mass is 318 g/mol. The first-order valence-electron chi connectivity index (χ1n) is 8.72. The van der Waals surface area contributed by atoms with Crippen molar-refractivity contribution in [3.63, 3.8) is 0 Å². The van der Waals surface area contributed by atoms with E-state index < -0.39 is 0 Å². The van der Waals surface area contributed by atoms with Crippen molar-refractivity contribution in [2.24, 2.45) is 17.8 Å². The molecule has 0 atom stereocenters. The Morgan fingerprint density at radius 2 is 1.86 bits per heavy atom. The van der Waals surface area contributed by atoms with Crippen molar-refractivity contribution in [3.8, 4) is 0 Å². The van der Waals surface area contributed by atoms with Crippen molar-refractivity contribution in [1.82, 2.24) is 20.2 Å². The average molecular weight is 318 g/mol. The van der Waals surface area contributed by atoms with Gasteiger partial charge in [0.25, 0.3) is 0 Å². The second-order valence-electron chi connectivity index (χ2n) is 7.73. The smallest absolute Gasteiger partial charge is 0.166 e. The van der Waals surface area contributed by atoms with Gasteiger partial charge in [0.15, 0.2) is 5.11 Å². The lowest BCUT2D eigenvalue weighted by Crippen LogP contribution is -2.61. The van der Waals surface area contributed by atoms with Gasteiger partial charge in [-0.05, 0) is 74.9 Å². The molecule has 4 nitrogen and oxygen atoms in total. The van der Waals surface area contributed by atoms with Gasteiger partial charge in [0.1, 0.15) is 0 Å². The molecule has 2 N–H and O–H groups in total. The molecule has 1 aromatic heterocycles. The number of aryl methyl sites for hydroxylation is 1. The Labute approximate surface area is 138 Å². The van der Waals surface area contributed by atoms with Crippen molar-refractivity contribution in [1.29, 1.82) is 0 Å². The van der Waals surface area contributed by atoms with Gasteiger partial charge in [-0.1, -0.05) is 0 Å². The van der Waals surface area contributed by atoms with Gasteiger partial charge in [0.05, 0.1) is 6.33 Å². The highest BCUT2D eigenvalue weighted by atomic mass is 32.1. The number of nitrogens with zero attached hydrogens (tertiary/aromatic N) is 2. The van der Waals surface area contributed by atoms with E-state index in [-0.39, 0.29) is 0 Å². The van der Waals surface area contributed by atoms with Crippen LogP contribution in [0.1, 0.15) is 44.9 Å². The molecule has 4 aliphatic rings. The molecule has 4 saturated carbocycles. The summed E-state index contributed by atoms with van der Waals surface area (Å²) >= 11 is 5.56. The van der Waals surface area contributed by atoms with E-state index in [2.05, 4.69) is 20.2 Å². The van der Waals surface area contributed by atoms with Gasteiger partial charge in [-0.3, -0.25) is 0 Å². The highest BCUT2D eigenvalue weighted by molar-refractivity contribution is 7.80. The summed E-state index contributed by atoms with van der Waals surface area (Å²) in [6.07, 6.45) is 15.2. The van der Waals surface area contributed by atoms with E-state index >= 15 is 0 Å². The van der Waals surface area contributed by atoms with Gasteiger partial charge in [-0.15, -0.1) is 0 Å². The van der Waals surface area contributed by atoms with Crippen LogP contribution in [-0.2, 0) is 6.54 Å². The summed E-state index contributed by atoms with van der Waals surface area (Å²) in [5.41, 5.74) is 0.323. The number of nitrogens with one attached hydrogen (secondary N) is 2. The Kier molecular flexibility index (Phi) is 3.84. The number of thiocarbonyl (C=S) groups is 1. The standard InChI is InChI=1S/C17H26N4S/c22-16(19-2-1-4-21-5-3-18-12-21)20-17-9-13-6-14(10-17)8-15(7-13)11-17/h3,5,12-15H,1-2,4,6-11H2,(H2,19,20,22). The van der Waals surface area contributed by atoms with E-state index in [4.69, 9.17) is 12.2 Å². The maximum Gasteiger partial charge on any atom is 0.166 e. The Morgan fingerprint density at radius 3 is 2.45 bits per heavy atom. The number of aromatic nitrogens is 2. The topological polar surface area (TPSA) is 41.9 Å². The summed E-state index contributed by atoms with van der Waals surface area (Å²) in [5.74, 6) is 2.88. The molecule has 0 saturated heterocycles. The molecule has 0 radical (unpaired) electrons. The third-order valence-electron chi connectivity index (χ3n) is 5.85. The molecular formula is C17H26N4S. The number of rotatable bonds is 5. The van der Waals surface area contributed by atoms with Crippen molar-refractivity contribution >= 4 is 17.3 Å². The van der Waals surface area contributed by atoms with Crippen LogP contribution in [0.4, 0.5) is 0 Å². The molecule has 0 aromatic carbocycles. The van der Waals surface area contributed by atoms with Crippen LogP contribution in [0.3, 0.4) is 0 Å². The fraction of sp³-hybridized carbons (Fsp3) is 0.765. The number of imidazole rings is 1. The molecule has 0 spiro atoms. The lowest BCUT2D eigenvalue weighted by molar-refractivity contribution is -0.0101. The van der Waals surface area contributed by atoms with E-state index in [9.17, 15) is 0 Å². The molecule has 4 aliphatic carbocycles. The summed E-state index contributed by atoms with van der Waals surface area (Å²) in [5, 5.41) is 7.99. The second-order valence-corrected chi connectivity index (χ2v) is 8.14. The Hall–Kier alpha value is -1.10. The Bertz CT molecular complexity index is 489. The van der Waals surface area contributed by atoms with Gasteiger partial charge >= 0.3 is 0 Å². The molecule has 1 aromatic rings. The zero-order chi connectivity index (χ0) is 15.0. The molecule has 120 valence electrons. The minimum atomic E-state index is 0.323. The summed E-state index contributed by atoms with van der Waals surface area (Å²) in [4.78, 5) is 4.06. The molecule has 0 unspecified atom stereocenters. The third-order valence-corrected chi connectivity index (χ3v) is 6.10. The molecular weight excluding hydrogens is 292 g/mol. The van der Waals surface area contributed by atoms with Crippen LogP contribution < -0.4 is 10.6 Å². The van der Waals surface area contributed by atoms with Crippen LogP contribution in [-0.4, -0.2) is 26.7 Å². The highest BCUT2D eigenvalue weighted by Crippen LogP contribution is 2.55. The Balaban J connectivity index is 1.24. The average Bonchev–Trinajstić information content (AvgIpc) is 2.94. The van der Waals surface area contributed by atoms with E-state index in [1.165, 1.54) is 38.5 Å². The van der Waals surface area contributed by atoms with Crippen LogP contribution in [0.5, 0.6) is 0 Å². The Morgan fingerprint density at radius 1 is 1.18 bits per heavy atom.